The highest BCUT2D eigenvalue weighted by Crippen LogP contribution is 2.25. The second-order valence-corrected chi connectivity index (χ2v) is 6.78. The molecule has 1 saturated heterocycles. The molecule has 0 radical (unpaired) electrons. The molecule has 0 spiro atoms. The molecule has 0 aromatic carbocycles. The lowest BCUT2D eigenvalue weighted by Gasteiger charge is -2.13. The van der Waals surface area contributed by atoms with E-state index in [1.807, 2.05) is 24.6 Å². The Kier molecular flexibility index (Phi) is 8.89. The lowest BCUT2D eigenvalue weighted by Crippen LogP contribution is -2.38. The van der Waals surface area contributed by atoms with Crippen molar-refractivity contribution in [2.45, 2.75) is 38.8 Å². The molecule has 0 aliphatic carbocycles. The molecule has 1 aromatic rings. The molecule has 2 rings (SSSR count). The quantitative estimate of drug-likeness (QED) is 0.386. The number of aliphatic imine (C=N–C) groups is 1. The van der Waals surface area contributed by atoms with Crippen LogP contribution in [0.1, 0.15) is 31.9 Å². The fourth-order valence-corrected chi connectivity index (χ4v) is 3.03. The zero-order valence-corrected chi connectivity index (χ0v) is 16.5. The van der Waals surface area contributed by atoms with Crippen LogP contribution in [-0.4, -0.2) is 49.5 Å². The van der Waals surface area contributed by atoms with Crippen LogP contribution in [0, 0.1) is 0 Å². The fraction of sp³-hybridized carbons (Fsp3) is 0.706. The van der Waals surface area contributed by atoms with Crippen LogP contribution in [0.3, 0.4) is 0 Å². The second kappa shape index (κ2) is 10.9. The summed E-state index contributed by atoms with van der Waals surface area (Å²) in [5, 5.41) is 7.63. The maximum Gasteiger partial charge on any atom is 0.191 e. The molecule has 0 amide bonds. The Morgan fingerprint density at radius 2 is 2.28 bits per heavy atom. The van der Waals surface area contributed by atoms with Crippen molar-refractivity contribution < 1.29 is 9.47 Å². The summed E-state index contributed by atoms with van der Waals surface area (Å²) in [6.07, 6.45) is 3.47. The summed E-state index contributed by atoms with van der Waals surface area (Å²) in [4.78, 5) is 4.58. The van der Waals surface area contributed by atoms with Gasteiger partial charge in [0.2, 0.25) is 0 Å². The Bertz CT molecular complexity index is 557. The van der Waals surface area contributed by atoms with Crippen LogP contribution in [0.25, 0.3) is 0 Å². The maximum absolute atomic E-state index is 6.08. The summed E-state index contributed by atoms with van der Waals surface area (Å²) in [6, 6.07) is 1.84. The van der Waals surface area contributed by atoms with Gasteiger partial charge in [0.15, 0.2) is 5.96 Å². The van der Waals surface area contributed by atoms with Gasteiger partial charge in [0.1, 0.15) is 5.15 Å². The van der Waals surface area contributed by atoms with Crippen molar-refractivity contribution in [1.82, 2.24) is 15.2 Å². The monoisotopic (exact) mass is 390 g/mol. The van der Waals surface area contributed by atoms with Crippen molar-refractivity contribution in [3.05, 3.63) is 21.9 Å². The molecule has 2 heterocycles. The first-order valence-electron chi connectivity index (χ1n) is 8.83. The van der Waals surface area contributed by atoms with Gasteiger partial charge in [0.05, 0.1) is 24.3 Å². The Morgan fingerprint density at radius 3 is 2.92 bits per heavy atom. The van der Waals surface area contributed by atoms with Crippen molar-refractivity contribution in [2.75, 3.05) is 32.9 Å². The van der Waals surface area contributed by atoms with E-state index in [0.717, 1.165) is 57.2 Å². The van der Waals surface area contributed by atoms with Crippen molar-refractivity contribution >= 4 is 29.2 Å². The van der Waals surface area contributed by atoms with Gasteiger partial charge < -0.3 is 24.7 Å². The van der Waals surface area contributed by atoms with Crippen LogP contribution in [0.5, 0.6) is 0 Å². The Hall–Kier alpha value is -0.950. The SMILES string of the molecule is CCNC(=NCc1cc(Cl)c(Cl)n1C)NCCCOCC1CCCO1. The van der Waals surface area contributed by atoms with Gasteiger partial charge in [-0.3, -0.25) is 0 Å². The van der Waals surface area contributed by atoms with Crippen LogP contribution in [-0.2, 0) is 23.1 Å². The third-order valence-electron chi connectivity index (χ3n) is 4.04. The third kappa shape index (κ3) is 6.70. The number of nitrogens with zero attached hydrogens (tertiary/aromatic N) is 2. The fourth-order valence-electron chi connectivity index (χ4n) is 2.61. The van der Waals surface area contributed by atoms with E-state index < -0.39 is 0 Å². The molecule has 0 saturated carbocycles. The average Bonchev–Trinajstić information content (AvgIpc) is 3.20. The average molecular weight is 391 g/mol. The van der Waals surface area contributed by atoms with Crippen molar-refractivity contribution in [2.24, 2.45) is 12.0 Å². The number of hydrogen-bond donors (Lipinski definition) is 2. The molecule has 1 fully saturated rings. The van der Waals surface area contributed by atoms with Crippen LogP contribution in [0.4, 0.5) is 0 Å². The zero-order valence-electron chi connectivity index (χ0n) is 15.0. The molecule has 1 aliphatic rings. The minimum Gasteiger partial charge on any atom is -0.379 e. The minimum atomic E-state index is 0.288. The molecule has 8 heteroatoms. The molecule has 1 aromatic heterocycles. The van der Waals surface area contributed by atoms with E-state index in [1.165, 1.54) is 0 Å². The van der Waals surface area contributed by atoms with Crippen LogP contribution >= 0.6 is 23.2 Å². The summed E-state index contributed by atoms with van der Waals surface area (Å²) in [5.41, 5.74) is 0.965. The molecule has 6 nitrogen and oxygen atoms in total. The Balaban J connectivity index is 1.69. The standard InChI is InChI=1S/C17H28Cl2N4O2/c1-3-20-17(22-11-13-10-15(18)16(19)23(13)2)21-7-5-8-24-12-14-6-4-9-25-14/h10,14H,3-9,11-12H2,1-2H3,(H2,20,21,22). The van der Waals surface area contributed by atoms with Gasteiger partial charge in [-0.1, -0.05) is 23.2 Å². The smallest absolute Gasteiger partial charge is 0.191 e. The molecule has 0 bridgehead atoms. The van der Waals surface area contributed by atoms with E-state index in [9.17, 15) is 0 Å². The Morgan fingerprint density at radius 1 is 1.44 bits per heavy atom. The molecule has 1 aliphatic heterocycles. The van der Waals surface area contributed by atoms with Crippen LogP contribution in [0.2, 0.25) is 10.2 Å². The summed E-state index contributed by atoms with van der Waals surface area (Å²) in [6.45, 7) is 6.43. The van der Waals surface area contributed by atoms with Gasteiger partial charge in [0, 0.05) is 39.0 Å². The maximum atomic E-state index is 6.08. The van der Waals surface area contributed by atoms with Crippen LogP contribution < -0.4 is 10.6 Å². The van der Waals surface area contributed by atoms with Gasteiger partial charge in [-0.05, 0) is 32.3 Å². The van der Waals surface area contributed by atoms with Crippen molar-refractivity contribution in [3.8, 4) is 0 Å². The lowest BCUT2D eigenvalue weighted by atomic mass is 10.2. The summed E-state index contributed by atoms with van der Waals surface area (Å²) in [5.74, 6) is 0.773. The first kappa shape index (κ1) is 20.4. The predicted molar refractivity (Wildman–Crippen MR) is 103 cm³/mol. The number of guanidine groups is 1. The van der Waals surface area contributed by atoms with Gasteiger partial charge in [0.25, 0.3) is 0 Å². The van der Waals surface area contributed by atoms with Crippen LogP contribution in [0.15, 0.2) is 11.1 Å². The highest BCUT2D eigenvalue weighted by molar-refractivity contribution is 6.41. The number of halogens is 2. The molecule has 25 heavy (non-hydrogen) atoms. The van der Waals surface area contributed by atoms with Gasteiger partial charge in [-0.15, -0.1) is 0 Å². The molecule has 2 N–H and O–H groups in total. The topological polar surface area (TPSA) is 59.8 Å². The van der Waals surface area contributed by atoms with Gasteiger partial charge in [-0.2, -0.15) is 0 Å². The van der Waals surface area contributed by atoms with E-state index in [0.29, 0.717) is 23.3 Å². The number of hydrogen-bond acceptors (Lipinski definition) is 3. The zero-order chi connectivity index (χ0) is 18.1. The highest BCUT2D eigenvalue weighted by atomic mass is 35.5. The largest absolute Gasteiger partial charge is 0.379 e. The van der Waals surface area contributed by atoms with Crippen molar-refractivity contribution in [3.63, 3.8) is 0 Å². The third-order valence-corrected chi connectivity index (χ3v) is 4.89. The van der Waals surface area contributed by atoms with Gasteiger partial charge >= 0.3 is 0 Å². The van der Waals surface area contributed by atoms with Crippen molar-refractivity contribution in [1.29, 1.82) is 0 Å². The summed E-state index contributed by atoms with van der Waals surface area (Å²) < 4.78 is 13.0. The highest BCUT2D eigenvalue weighted by Gasteiger charge is 2.14. The molecule has 1 atom stereocenters. The predicted octanol–water partition coefficient (Wildman–Crippen LogP) is 2.97. The van der Waals surface area contributed by atoms with E-state index >= 15 is 0 Å². The molecular formula is C17H28Cl2N4O2. The van der Waals surface area contributed by atoms with Gasteiger partial charge in [-0.25, -0.2) is 4.99 Å². The van der Waals surface area contributed by atoms with E-state index in [4.69, 9.17) is 32.7 Å². The molecule has 142 valence electrons. The van der Waals surface area contributed by atoms with E-state index in [2.05, 4.69) is 15.6 Å². The second-order valence-electron chi connectivity index (χ2n) is 6.02. The first-order chi connectivity index (χ1) is 12.1. The molecule has 1 unspecified atom stereocenters. The number of ether oxygens (including phenoxy) is 2. The summed E-state index contributed by atoms with van der Waals surface area (Å²) in [7, 11) is 1.88. The number of nitrogens with one attached hydrogen (secondary N) is 2. The molecular weight excluding hydrogens is 363 g/mol. The minimum absolute atomic E-state index is 0.288. The first-order valence-corrected chi connectivity index (χ1v) is 9.58. The lowest BCUT2D eigenvalue weighted by molar-refractivity contribution is 0.0168. The Labute approximate surface area is 159 Å². The number of aromatic nitrogens is 1. The number of rotatable bonds is 9. The van der Waals surface area contributed by atoms with E-state index in [1.54, 1.807) is 0 Å². The summed E-state index contributed by atoms with van der Waals surface area (Å²) >= 11 is 12.1. The van der Waals surface area contributed by atoms with E-state index in [-0.39, 0.29) is 6.10 Å². The normalized spacial score (nSPS) is 17.9.